The van der Waals surface area contributed by atoms with E-state index in [-0.39, 0.29) is 44.5 Å². The van der Waals surface area contributed by atoms with Crippen molar-refractivity contribution >= 4 is 56.6 Å². The Balaban J connectivity index is 1.46. The molecule has 1 saturated heterocycles. The Morgan fingerprint density at radius 1 is 1.09 bits per heavy atom. The summed E-state index contributed by atoms with van der Waals surface area (Å²) in [5.41, 5.74) is 6.91. The van der Waals surface area contributed by atoms with Gasteiger partial charge < -0.3 is 19.9 Å². The molecule has 0 amide bonds. The van der Waals surface area contributed by atoms with E-state index < -0.39 is 34.7 Å². The summed E-state index contributed by atoms with van der Waals surface area (Å²) in [4.78, 5) is 17.6. The lowest BCUT2D eigenvalue weighted by Gasteiger charge is -2.26. The number of halogens is 4. The van der Waals surface area contributed by atoms with Gasteiger partial charge in [0.15, 0.2) is 11.5 Å². The molecule has 0 radical (unpaired) electrons. The Kier molecular flexibility index (Phi) is 9.86. The third-order valence-electron chi connectivity index (χ3n) is 6.93. The number of sulfonamides is 1. The molecule has 3 aromatic rings. The van der Waals surface area contributed by atoms with Gasteiger partial charge in [-0.3, -0.25) is 9.78 Å². The summed E-state index contributed by atoms with van der Waals surface area (Å²) in [5, 5.41) is 0.445. The number of pyridine rings is 1. The van der Waals surface area contributed by atoms with Gasteiger partial charge in [-0.05, 0) is 66.3 Å². The van der Waals surface area contributed by atoms with E-state index >= 15 is 0 Å². The third kappa shape index (κ3) is 7.63. The number of thioether (sulfide) groups is 1. The summed E-state index contributed by atoms with van der Waals surface area (Å²) in [7, 11) is -4.06. The van der Waals surface area contributed by atoms with Crippen LogP contribution in [0, 0.1) is 5.92 Å². The largest absolute Gasteiger partial charge is 0.489 e. The molecule has 15 heteroatoms. The van der Waals surface area contributed by atoms with Crippen LogP contribution in [-0.4, -0.2) is 54.6 Å². The van der Waals surface area contributed by atoms with E-state index in [2.05, 4.69) is 9.72 Å². The highest BCUT2D eigenvalue weighted by molar-refractivity contribution is 8.00. The summed E-state index contributed by atoms with van der Waals surface area (Å²) in [6.45, 7) is -2.77. The molecule has 1 aliphatic heterocycles. The van der Waals surface area contributed by atoms with E-state index in [1.807, 2.05) is 0 Å². The zero-order valence-electron chi connectivity index (χ0n) is 22.5. The van der Waals surface area contributed by atoms with E-state index in [0.29, 0.717) is 29.3 Å². The molecule has 2 aliphatic rings. The van der Waals surface area contributed by atoms with Gasteiger partial charge in [-0.25, -0.2) is 8.42 Å². The highest BCUT2D eigenvalue weighted by Gasteiger charge is 2.42. The smallest absolute Gasteiger partial charge is 0.387 e. The molecule has 5 rings (SSSR count). The first-order chi connectivity index (χ1) is 20.5. The molecule has 0 spiro atoms. The number of nitrogens with zero attached hydrogens (tertiary/aromatic N) is 2. The summed E-state index contributed by atoms with van der Waals surface area (Å²) < 4.78 is 70.6. The predicted octanol–water partition coefficient (Wildman–Crippen LogP) is 5.95. The van der Waals surface area contributed by atoms with Gasteiger partial charge in [0.05, 0.1) is 27.4 Å². The van der Waals surface area contributed by atoms with Crippen molar-refractivity contribution in [3.63, 3.8) is 0 Å². The van der Waals surface area contributed by atoms with E-state index in [9.17, 15) is 22.0 Å². The summed E-state index contributed by atoms with van der Waals surface area (Å²) in [6.07, 6.45) is 3.65. The molecule has 2 fully saturated rings. The fourth-order valence-electron chi connectivity index (χ4n) is 4.41. The number of nitrogen functional groups attached to an aromatic ring is 1. The minimum absolute atomic E-state index is 0.0130. The Morgan fingerprint density at radius 2 is 1.79 bits per heavy atom. The van der Waals surface area contributed by atoms with Crippen molar-refractivity contribution in [1.82, 2.24) is 9.29 Å². The number of hydrogen-bond acceptors (Lipinski definition) is 9. The Bertz CT molecular complexity index is 1560. The highest BCUT2D eigenvalue weighted by Crippen LogP contribution is 2.39. The fraction of sp³-hybridized carbons (Fsp3) is 0.357. The van der Waals surface area contributed by atoms with Crippen LogP contribution >= 0.6 is 35.0 Å². The maximum atomic E-state index is 13.7. The molecule has 43 heavy (non-hydrogen) atoms. The van der Waals surface area contributed by atoms with Gasteiger partial charge in [0.2, 0.25) is 10.0 Å². The van der Waals surface area contributed by atoms with Crippen LogP contribution in [0.2, 0.25) is 10.0 Å². The van der Waals surface area contributed by atoms with Gasteiger partial charge in [0.1, 0.15) is 12.1 Å². The lowest BCUT2D eigenvalue weighted by Crippen LogP contribution is -2.43. The van der Waals surface area contributed by atoms with Crippen molar-refractivity contribution in [2.45, 2.75) is 42.9 Å². The fourth-order valence-corrected chi connectivity index (χ4v) is 8.06. The van der Waals surface area contributed by atoms with Crippen LogP contribution in [0.4, 0.5) is 14.5 Å². The number of anilines is 1. The normalized spacial score (nSPS) is 18.0. The summed E-state index contributed by atoms with van der Waals surface area (Å²) >= 11 is 14.0. The molecule has 1 saturated carbocycles. The lowest BCUT2D eigenvalue weighted by atomic mass is 10.0. The van der Waals surface area contributed by atoms with Gasteiger partial charge >= 0.3 is 12.6 Å². The van der Waals surface area contributed by atoms with Crippen molar-refractivity contribution in [3.05, 3.63) is 76.0 Å². The second-order valence-corrected chi connectivity index (χ2v) is 13.7. The van der Waals surface area contributed by atoms with Gasteiger partial charge in [-0.1, -0.05) is 29.3 Å². The Hall–Kier alpha value is -2.84. The quantitative estimate of drug-likeness (QED) is 0.184. The molecular weight excluding hydrogens is 647 g/mol. The number of hydrogen-bond donors (Lipinski definition) is 1. The molecule has 0 bridgehead atoms. The Labute approximate surface area is 261 Å². The molecule has 2 atom stereocenters. The highest BCUT2D eigenvalue weighted by atomic mass is 35.5. The maximum Gasteiger partial charge on any atom is 0.387 e. The van der Waals surface area contributed by atoms with Crippen LogP contribution in [0.25, 0.3) is 0 Å². The molecule has 2 heterocycles. The SMILES string of the molecule is Nc1ccc(S(=O)(=O)N2CSCC2C(=O)O[C@@H](Cc2c(Cl)cncc2Cl)c2ccc(OC(F)F)c(OCC3CC3)c2)cc1. The molecule has 1 aromatic heterocycles. The standard InChI is InChI=1S/C28H27Cl2F2N3O6S2/c29-21-11-34-12-22(30)20(21)10-25(17-3-8-24(41-28(31)32)26(9-17)39-13-16-1-2-16)40-27(36)23-14-42-15-35(23)43(37,38)19-6-4-18(33)5-7-19/h3-9,11-12,16,23,25,28H,1-2,10,13-15,33H2/t23?,25-/m0/s1. The molecule has 2 N–H and O–H groups in total. The number of benzene rings is 2. The first-order valence-corrected chi connectivity index (χ1v) is 16.5. The summed E-state index contributed by atoms with van der Waals surface area (Å²) in [5.74, 6) is -0.395. The third-order valence-corrected chi connectivity index (χ3v) is 10.6. The van der Waals surface area contributed by atoms with Crippen LogP contribution in [0.5, 0.6) is 11.5 Å². The minimum Gasteiger partial charge on any atom is -0.489 e. The second kappa shape index (κ2) is 13.4. The van der Waals surface area contributed by atoms with Crippen LogP contribution in [-0.2, 0) is 26.0 Å². The average molecular weight is 675 g/mol. The number of ether oxygens (including phenoxy) is 3. The van der Waals surface area contributed by atoms with Crippen LogP contribution in [0.15, 0.2) is 59.8 Å². The first-order valence-electron chi connectivity index (χ1n) is 13.2. The molecule has 9 nitrogen and oxygen atoms in total. The number of carbonyl (C=O) groups is 1. The number of carbonyl (C=O) groups excluding carboxylic acids is 1. The van der Waals surface area contributed by atoms with Crippen molar-refractivity contribution in [2.75, 3.05) is 24.0 Å². The topological polar surface area (TPSA) is 121 Å². The lowest BCUT2D eigenvalue weighted by molar-refractivity contribution is -0.152. The zero-order valence-corrected chi connectivity index (χ0v) is 25.6. The molecule has 1 unspecified atom stereocenters. The van der Waals surface area contributed by atoms with E-state index in [1.54, 1.807) is 0 Å². The van der Waals surface area contributed by atoms with Crippen molar-refractivity contribution in [1.29, 1.82) is 0 Å². The maximum absolute atomic E-state index is 13.7. The van der Waals surface area contributed by atoms with Gasteiger partial charge in [-0.2, -0.15) is 13.1 Å². The zero-order chi connectivity index (χ0) is 30.7. The van der Waals surface area contributed by atoms with Crippen LogP contribution in [0.1, 0.15) is 30.1 Å². The predicted molar refractivity (Wildman–Crippen MR) is 159 cm³/mol. The van der Waals surface area contributed by atoms with E-state index in [0.717, 1.165) is 17.1 Å². The van der Waals surface area contributed by atoms with E-state index in [4.69, 9.17) is 38.4 Å². The molecular formula is C28H27Cl2F2N3O6S2. The monoisotopic (exact) mass is 673 g/mol. The number of aromatic nitrogens is 1. The average Bonchev–Trinajstić information content (AvgIpc) is 3.65. The number of alkyl halides is 2. The van der Waals surface area contributed by atoms with E-state index in [1.165, 1.54) is 66.6 Å². The Morgan fingerprint density at radius 3 is 2.44 bits per heavy atom. The number of esters is 1. The van der Waals surface area contributed by atoms with Crippen LogP contribution < -0.4 is 15.2 Å². The summed E-state index contributed by atoms with van der Waals surface area (Å²) in [6, 6.07) is 8.78. The van der Waals surface area contributed by atoms with Gasteiger partial charge in [-0.15, -0.1) is 11.8 Å². The first kappa shape index (κ1) is 31.6. The number of rotatable bonds is 12. The van der Waals surface area contributed by atoms with Crippen molar-refractivity contribution < 1.29 is 36.2 Å². The second-order valence-electron chi connectivity index (χ2n) is 10.0. The van der Waals surface area contributed by atoms with Gasteiger partial charge in [0.25, 0.3) is 0 Å². The van der Waals surface area contributed by atoms with Gasteiger partial charge in [0, 0.05) is 30.3 Å². The van der Waals surface area contributed by atoms with Crippen molar-refractivity contribution in [3.8, 4) is 11.5 Å². The molecule has 230 valence electrons. The van der Waals surface area contributed by atoms with Crippen molar-refractivity contribution in [2.24, 2.45) is 5.92 Å². The number of nitrogens with two attached hydrogens (primary N) is 1. The minimum atomic E-state index is -4.06. The molecule has 1 aliphatic carbocycles. The molecule has 2 aromatic carbocycles. The van der Waals surface area contributed by atoms with Crippen LogP contribution in [0.3, 0.4) is 0 Å².